The molecule has 0 aromatic heterocycles. The molecule has 0 spiro atoms. The molecule has 4 fully saturated rings. The van der Waals surface area contributed by atoms with Gasteiger partial charge in [0.05, 0.1) is 5.25 Å². The van der Waals surface area contributed by atoms with Crippen LogP contribution < -0.4 is 10.0 Å². The lowest BCUT2D eigenvalue weighted by Gasteiger charge is -2.45. The molecule has 18 heavy (non-hydrogen) atoms. The van der Waals surface area contributed by atoms with E-state index in [-0.39, 0.29) is 11.3 Å². The SMILES string of the molecule is O=S(=O)(NC1CN2CCC1CC2)C1CCNCC1. The Morgan fingerprint density at radius 3 is 2.28 bits per heavy atom. The monoisotopic (exact) mass is 273 g/mol. The highest BCUT2D eigenvalue weighted by molar-refractivity contribution is 7.90. The van der Waals surface area contributed by atoms with Crippen LogP contribution in [0.1, 0.15) is 25.7 Å². The average molecular weight is 273 g/mol. The van der Waals surface area contributed by atoms with Crippen LogP contribution in [-0.2, 0) is 10.0 Å². The van der Waals surface area contributed by atoms with Gasteiger partial charge in [-0.05, 0) is 57.8 Å². The van der Waals surface area contributed by atoms with E-state index in [1.807, 2.05) is 0 Å². The summed E-state index contributed by atoms with van der Waals surface area (Å²) in [6.45, 7) is 4.86. The molecule has 4 aliphatic heterocycles. The Labute approximate surface area is 109 Å². The minimum atomic E-state index is -3.12. The molecule has 5 nitrogen and oxygen atoms in total. The van der Waals surface area contributed by atoms with Gasteiger partial charge in [0.15, 0.2) is 0 Å². The van der Waals surface area contributed by atoms with Crippen molar-refractivity contribution in [3.63, 3.8) is 0 Å². The van der Waals surface area contributed by atoms with E-state index in [0.29, 0.717) is 5.92 Å². The Bertz CT molecular complexity index is 384. The van der Waals surface area contributed by atoms with Crippen LogP contribution in [0.2, 0.25) is 0 Å². The first-order chi connectivity index (χ1) is 8.65. The predicted octanol–water partition coefficient (Wildman–Crippen LogP) is -0.248. The Morgan fingerprint density at radius 1 is 1.06 bits per heavy atom. The van der Waals surface area contributed by atoms with Gasteiger partial charge in [0.2, 0.25) is 10.0 Å². The van der Waals surface area contributed by atoms with Crippen LogP contribution in [-0.4, -0.2) is 57.3 Å². The van der Waals surface area contributed by atoms with E-state index in [1.54, 1.807) is 0 Å². The minimum Gasteiger partial charge on any atom is -0.317 e. The van der Waals surface area contributed by atoms with Crippen molar-refractivity contribution in [3.8, 4) is 0 Å². The molecule has 1 atom stereocenters. The second-order valence-electron chi connectivity index (χ2n) is 5.86. The Balaban J connectivity index is 1.64. The summed E-state index contributed by atoms with van der Waals surface area (Å²) in [7, 11) is -3.12. The number of nitrogens with one attached hydrogen (secondary N) is 2. The molecule has 4 rings (SSSR count). The fourth-order valence-electron chi connectivity index (χ4n) is 3.51. The zero-order chi connectivity index (χ0) is 12.6. The number of hydrogen-bond donors (Lipinski definition) is 2. The fraction of sp³-hybridized carbons (Fsp3) is 1.00. The number of rotatable bonds is 3. The minimum absolute atomic E-state index is 0.160. The van der Waals surface area contributed by atoms with E-state index in [4.69, 9.17) is 0 Å². The molecule has 6 heteroatoms. The lowest BCUT2D eigenvalue weighted by atomic mass is 9.85. The Morgan fingerprint density at radius 2 is 1.72 bits per heavy atom. The van der Waals surface area contributed by atoms with Crippen LogP contribution in [0.3, 0.4) is 0 Å². The third kappa shape index (κ3) is 2.57. The van der Waals surface area contributed by atoms with E-state index in [0.717, 1.165) is 58.4 Å². The van der Waals surface area contributed by atoms with Gasteiger partial charge in [0.1, 0.15) is 0 Å². The lowest BCUT2D eigenvalue weighted by Crippen LogP contribution is -2.58. The van der Waals surface area contributed by atoms with Gasteiger partial charge in [-0.3, -0.25) is 0 Å². The summed E-state index contributed by atoms with van der Waals surface area (Å²) in [6, 6.07) is 0.160. The molecular weight excluding hydrogens is 250 g/mol. The fourth-order valence-corrected chi connectivity index (χ4v) is 5.25. The highest BCUT2D eigenvalue weighted by Gasteiger charge is 2.38. The van der Waals surface area contributed by atoms with Crippen molar-refractivity contribution in [2.75, 3.05) is 32.7 Å². The summed E-state index contributed by atoms with van der Waals surface area (Å²) >= 11 is 0. The third-order valence-corrected chi connectivity index (χ3v) is 6.68. The van der Waals surface area contributed by atoms with Gasteiger partial charge < -0.3 is 10.2 Å². The van der Waals surface area contributed by atoms with Gasteiger partial charge in [-0.2, -0.15) is 0 Å². The second kappa shape index (κ2) is 5.07. The van der Waals surface area contributed by atoms with Crippen molar-refractivity contribution in [1.82, 2.24) is 14.9 Å². The maximum Gasteiger partial charge on any atom is 0.214 e. The van der Waals surface area contributed by atoms with Gasteiger partial charge in [0.25, 0.3) is 0 Å². The largest absolute Gasteiger partial charge is 0.317 e. The van der Waals surface area contributed by atoms with Gasteiger partial charge >= 0.3 is 0 Å². The van der Waals surface area contributed by atoms with Crippen LogP contribution in [0.4, 0.5) is 0 Å². The molecule has 0 radical (unpaired) electrons. The van der Waals surface area contributed by atoms with Crippen LogP contribution in [0.25, 0.3) is 0 Å². The summed E-state index contributed by atoms with van der Waals surface area (Å²) in [4.78, 5) is 2.38. The van der Waals surface area contributed by atoms with Crippen LogP contribution >= 0.6 is 0 Å². The molecule has 4 heterocycles. The van der Waals surface area contributed by atoms with E-state index in [9.17, 15) is 8.42 Å². The maximum atomic E-state index is 12.4. The van der Waals surface area contributed by atoms with Crippen molar-refractivity contribution < 1.29 is 8.42 Å². The zero-order valence-corrected chi connectivity index (χ0v) is 11.6. The molecule has 4 aliphatic rings. The second-order valence-corrected chi connectivity index (χ2v) is 7.85. The standard InChI is InChI=1S/C12H23N3O2S/c16-18(17,11-1-5-13-6-2-11)14-12-9-15-7-3-10(12)4-8-15/h10-14H,1-9H2. The molecule has 0 saturated carbocycles. The normalized spacial score (nSPS) is 37.9. The highest BCUT2D eigenvalue weighted by Crippen LogP contribution is 2.28. The van der Waals surface area contributed by atoms with Crippen LogP contribution in [0, 0.1) is 5.92 Å². The van der Waals surface area contributed by atoms with Gasteiger partial charge in [0, 0.05) is 12.6 Å². The van der Waals surface area contributed by atoms with Crippen LogP contribution in [0.15, 0.2) is 0 Å². The number of nitrogens with zero attached hydrogens (tertiary/aromatic N) is 1. The van der Waals surface area contributed by atoms with E-state index in [1.165, 1.54) is 0 Å². The quantitative estimate of drug-likeness (QED) is 0.744. The first-order valence-electron chi connectivity index (χ1n) is 7.09. The van der Waals surface area contributed by atoms with Gasteiger partial charge in [-0.1, -0.05) is 0 Å². The molecule has 0 aromatic rings. The number of hydrogen-bond acceptors (Lipinski definition) is 4. The molecular formula is C12H23N3O2S. The van der Waals surface area contributed by atoms with E-state index in [2.05, 4.69) is 14.9 Å². The summed E-state index contributed by atoms with van der Waals surface area (Å²) < 4.78 is 27.7. The summed E-state index contributed by atoms with van der Waals surface area (Å²) in [6.07, 6.45) is 3.80. The Hall–Kier alpha value is -0.170. The Kier molecular flexibility index (Phi) is 3.62. The molecule has 4 saturated heterocycles. The predicted molar refractivity (Wildman–Crippen MR) is 70.9 cm³/mol. The first-order valence-corrected chi connectivity index (χ1v) is 8.64. The molecule has 0 aromatic carbocycles. The van der Waals surface area contributed by atoms with Crippen molar-refractivity contribution >= 4 is 10.0 Å². The third-order valence-electron chi connectivity index (χ3n) is 4.70. The van der Waals surface area contributed by atoms with Crippen molar-refractivity contribution in [3.05, 3.63) is 0 Å². The number of sulfonamides is 1. The highest BCUT2D eigenvalue weighted by atomic mass is 32.2. The summed E-state index contributed by atoms with van der Waals surface area (Å²) in [5.74, 6) is 0.562. The van der Waals surface area contributed by atoms with Gasteiger partial charge in [-0.25, -0.2) is 13.1 Å². The molecule has 104 valence electrons. The molecule has 2 N–H and O–H groups in total. The van der Waals surface area contributed by atoms with Gasteiger partial charge in [-0.15, -0.1) is 0 Å². The zero-order valence-electron chi connectivity index (χ0n) is 10.8. The molecule has 0 aliphatic carbocycles. The summed E-state index contributed by atoms with van der Waals surface area (Å²) in [5.41, 5.74) is 0. The molecule has 0 amide bonds. The maximum absolute atomic E-state index is 12.4. The van der Waals surface area contributed by atoms with Crippen molar-refractivity contribution in [1.29, 1.82) is 0 Å². The van der Waals surface area contributed by atoms with E-state index >= 15 is 0 Å². The number of piperidine rings is 4. The lowest BCUT2D eigenvalue weighted by molar-refractivity contribution is 0.0825. The molecule has 1 unspecified atom stereocenters. The number of fused-ring (bicyclic) bond motifs is 3. The van der Waals surface area contributed by atoms with Crippen molar-refractivity contribution in [2.45, 2.75) is 37.0 Å². The first kappa shape index (κ1) is 12.8. The smallest absolute Gasteiger partial charge is 0.214 e. The topological polar surface area (TPSA) is 61.4 Å². The van der Waals surface area contributed by atoms with Crippen molar-refractivity contribution in [2.24, 2.45) is 5.92 Å². The van der Waals surface area contributed by atoms with E-state index < -0.39 is 10.0 Å². The van der Waals surface area contributed by atoms with Crippen LogP contribution in [0.5, 0.6) is 0 Å². The molecule has 2 bridgehead atoms. The average Bonchev–Trinajstić information content (AvgIpc) is 2.41. The summed E-state index contributed by atoms with van der Waals surface area (Å²) in [5, 5.41) is 3.03.